The zero-order valence-corrected chi connectivity index (χ0v) is 10.2. The number of halogens is 1. The molecular weight excluding hydrogens is 212 g/mol. The third-order valence-electron chi connectivity index (χ3n) is 1.70. The van der Waals surface area contributed by atoms with Gasteiger partial charge in [0.25, 0.3) is 0 Å². The summed E-state index contributed by atoms with van der Waals surface area (Å²) in [6.07, 6.45) is 0. The third-order valence-corrected chi connectivity index (χ3v) is 1.95. The molecule has 0 fully saturated rings. The first-order valence-corrected chi connectivity index (χ1v) is 5.37. The van der Waals surface area contributed by atoms with Gasteiger partial charge in [-0.15, -0.1) is 0 Å². The smallest absolute Gasteiger partial charge is 0.119 e. The first-order chi connectivity index (χ1) is 6.97. The Labute approximate surface area is 96.2 Å². The lowest BCUT2D eigenvalue weighted by molar-refractivity contribution is -0.0163. The van der Waals surface area contributed by atoms with Crippen LogP contribution in [0.15, 0.2) is 24.3 Å². The number of rotatable bonds is 4. The van der Waals surface area contributed by atoms with Gasteiger partial charge in [0.15, 0.2) is 0 Å². The molecule has 0 heterocycles. The molecule has 0 unspecified atom stereocenters. The summed E-state index contributed by atoms with van der Waals surface area (Å²) in [5.41, 5.74) is -0.108. The maximum atomic E-state index is 5.75. The van der Waals surface area contributed by atoms with Crippen LogP contribution >= 0.6 is 11.6 Å². The molecular formula is C12H17ClO2. The zero-order valence-electron chi connectivity index (χ0n) is 9.42. The summed E-state index contributed by atoms with van der Waals surface area (Å²) < 4.78 is 11.0. The van der Waals surface area contributed by atoms with Crippen LogP contribution in [-0.4, -0.2) is 18.8 Å². The molecule has 3 heteroatoms. The minimum absolute atomic E-state index is 0.108. The molecule has 1 rings (SSSR count). The highest BCUT2D eigenvalue weighted by atomic mass is 35.5. The van der Waals surface area contributed by atoms with Crippen molar-refractivity contribution in [3.8, 4) is 5.75 Å². The van der Waals surface area contributed by atoms with Gasteiger partial charge in [0.05, 0.1) is 12.2 Å². The SMILES string of the molecule is CC(C)(C)OCCOc1ccc(Cl)cc1. The largest absolute Gasteiger partial charge is 0.491 e. The summed E-state index contributed by atoms with van der Waals surface area (Å²) >= 11 is 5.75. The van der Waals surface area contributed by atoms with Crippen molar-refractivity contribution in [3.63, 3.8) is 0 Å². The van der Waals surface area contributed by atoms with Gasteiger partial charge in [-0.05, 0) is 45.0 Å². The van der Waals surface area contributed by atoms with Gasteiger partial charge in [-0.2, -0.15) is 0 Å². The molecule has 0 saturated carbocycles. The van der Waals surface area contributed by atoms with E-state index < -0.39 is 0 Å². The first kappa shape index (κ1) is 12.3. The number of hydrogen-bond acceptors (Lipinski definition) is 2. The summed E-state index contributed by atoms with van der Waals surface area (Å²) in [6, 6.07) is 7.31. The molecule has 0 aliphatic heterocycles. The van der Waals surface area contributed by atoms with E-state index in [-0.39, 0.29) is 5.60 Å². The van der Waals surface area contributed by atoms with E-state index in [9.17, 15) is 0 Å². The molecule has 0 aromatic heterocycles. The summed E-state index contributed by atoms with van der Waals surface area (Å²) in [4.78, 5) is 0. The Balaban J connectivity index is 2.23. The van der Waals surface area contributed by atoms with Crippen LogP contribution < -0.4 is 4.74 Å². The first-order valence-electron chi connectivity index (χ1n) is 5.00. The van der Waals surface area contributed by atoms with Crippen molar-refractivity contribution in [2.24, 2.45) is 0 Å². The minimum atomic E-state index is -0.108. The molecule has 0 spiro atoms. The Bertz CT molecular complexity index is 287. The Kier molecular flexibility index (Phi) is 4.43. The predicted molar refractivity (Wildman–Crippen MR) is 62.7 cm³/mol. The van der Waals surface area contributed by atoms with Crippen molar-refractivity contribution in [1.29, 1.82) is 0 Å². The molecule has 0 aliphatic rings. The van der Waals surface area contributed by atoms with Crippen molar-refractivity contribution >= 4 is 11.6 Å². The van der Waals surface area contributed by atoms with Crippen LogP contribution in [0.4, 0.5) is 0 Å². The molecule has 15 heavy (non-hydrogen) atoms. The Morgan fingerprint density at radius 1 is 1.07 bits per heavy atom. The van der Waals surface area contributed by atoms with E-state index in [4.69, 9.17) is 21.1 Å². The molecule has 1 aromatic rings. The molecule has 1 aromatic carbocycles. The third kappa shape index (κ3) is 5.65. The fraction of sp³-hybridized carbons (Fsp3) is 0.500. The molecule has 0 atom stereocenters. The van der Waals surface area contributed by atoms with Gasteiger partial charge in [0.2, 0.25) is 0 Å². The van der Waals surface area contributed by atoms with E-state index in [1.807, 2.05) is 45.0 Å². The lowest BCUT2D eigenvalue weighted by Crippen LogP contribution is -2.22. The van der Waals surface area contributed by atoms with Gasteiger partial charge in [0, 0.05) is 5.02 Å². The lowest BCUT2D eigenvalue weighted by atomic mass is 10.2. The number of ether oxygens (including phenoxy) is 2. The predicted octanol–water partition coefficient (Wildman–Crippen LogP) is 3.53. The normalized spacial score (nSPS) is 11.5. The summed E-state index contributed by atoms with van der Waals surface area (Å²) in [5, 5.41) is 0.716. The standard InChI is InChI=1S/C12H17ClO2/c1-12(2,3)15-9-8-14-11-6-4-10(13)5-7-11/h4-7H,8-9H2,1-3H3. The summed E-state index contributed by atoms with van der Waals surface area (Å²) in [5.74, 6) is 0.817. The second kappa shape index (κ2) is 5.38. The van der Waals surface area contributed by atoms with Gasteiger partial charge in [-0.1, -0.05) is 11.6 Å². The van der Waals surface area contributed by atoms with Gasteiger partial charge < -0.3 is 9.47 Å². The monoisotopic (exact) mass is 228 g/mol. The van der Waals surface area contributed by atoms with Crippen LogP contribution in [-0.2, 0) is 4.74 Å². The Hall–Kier alpha value is -0.730. The van der Waals surface area contributed by atoms with Gasteiger partial charge in [-0.3, -0.25) is 0 Å². The van der Waals surface area contributed by atoms with Crippen molar-refractivity contribution in [2.45, 2.75) is 26.4 Å². The molecule has 0 aliphatic carbocycles. The summed E-state index contributed by atoms with van der Waals surface area (Å²) in [6.45, 7) is 7.21. The van der Waals surface area contributed by atoms with Gasteiger partial charge in [-0.25, -0.2) is 0 Å². The van der Waals surface area contributed by atoms with E-state index in [1.54, 1.807) is 0 Å². The second-order valence-electron chi connectivity index (χ2n) is 4.26. The highest BCUT2D eigenvalue weighted by Crippen LogP contribution is 2.15. The lowest BCUT2D eigenvalue weighted by Gasteiger charge is -2.19. The fourth-order valence-electron chi connectivity index (χ4n) is 1.04. The highest BCUT2D eigenvalue weighted by Gasteiger charge is 2.09. The highest BCUT2D eigenvalue weighted by molar-refractivity contribution is 6.30. The van der Waals surface area contributed by atoms with E-state index in [1.165, 1.54) is 0 Å². The molecule has 0 saturated heterocycles. The van der Waals surface area contributed by atoms with Crippen LogP contribution in [0.25, 0.3) is 0 Å². The maximum absolute atomic E-state index is 5.75. The van der Waals surface area contributed by atoms with Crippen LogP contribution in [0.1, 0.15) is 20.8 Å². The fourth-order valence-corrected chi connectivity index (χ4v) is 1.16. The van der Waals surface area contributed by atoms with Crippen LogP contribution in [0.3, 0.4) is 0 Å². The van der Waals surface area contributed by atoms with Crippen LogP contribution in [0.2, 0.25) is 5.02 Å². The summed E-state index contributed by atoms with van der Waals surface area (Å²) in [7, 11) is 0. The molecule has 84 valence electrons. The minimum Gasteiger partial charge on any atom is -0.491 e. The Morgan fingerprint density at radius 2 is 1.67 bits per heavy atom. The second-order valence-corrected chi connectivity index (χ2v) is 4.70. The van der Waals surface area contributed by atoms with E-state index in [0.29, 0.717) is 18.2 Å². The molecule has 0 N–H and O–H groups in total. The molecule has 0 amide bonds. The van der Waals surface area contributed by atoms with Crippen molar-refractivity contribution in [3.05, 3.63) is 29.3 Å². The topological polar surface area (TPSA) is 18.5 Å². The van der Waals surface area contributed by atoms with Gasteiger partial charge >= 0.3 is 0 Å². The van der Waals surface area contributed by atoms with Gasteiger partial charge in [0.1, 0.15) is 12.4 Å². The maximum Gasteiger partial charge on any atom is 0.119 e. The van der Waals surface area contributed by atoms with E-state index >= 15 is 0 Å². The average Bonchev–Trinajstić information content (AvgIpc) is 2.14. The number of hydrogen-bond donors (Lipinski definition) is 0. The van der Waals surface area contributed by atoms with E-state index in [2.05, 4.69) is 0 Å². The molecule has 0 bridgehead atoms. The Morgan fingerprint density at radius 3 is 2.20 bits per heavy atom. The van der Waals surface area contributed by atoms with Crippen molar-refractivity contribution in [1.82, 2.24) is 0 Å². The van der Waals surface area contributed by atoms with E-state index in [0.717, 1.165) is 5.75 Å². The zero-order chi connectivity index (χ0) is 11.3. The number of benzene rings is 1. The molecule has 2 nitrogen and oxygen atoms in total. The van der Waals surface area contributed by atoms with Crippen molar-refractivity contribution in [2.75, 3.05) is 13.2 Å². The molecule has 0 radical (unpaired) electrons. The quantitative estimate of drug-likeness (QED) is 0.734. The van der Waals surface area contributed by atoms with Crippen LogP contribution in [0, 0.1) is 0 Å². The van der Waals surface area contributed by atoms with Crippen LogP contribution in [0.5, 0.6) is 5.75 Å². The van der Waals surface area contributed by atoms with Crippen molar-refractivity contribution < 1.29 is 9.47 Å². The average molecular weight is 229 g/mol.